The molecule has 2 rings (SSSR count). The van der Waals surface area contributed by atoms with Crippen molar-refractivity contribution in [3.8, 4) is 0 Å². The van der Waals surface area contributed by atoms with Gasteiger partial charge in [0.2, 0.25) is 0 Å². The smallest absolute Gasteiger partial charge is 0.0348 e. The van der Waals surface area contributed by atoms with Gasteiger partial charge >= 0.3 is 0 Å². The molecule has 1 aromatic rings. The summed E-state index contributed by atoms with van der Waals surface area (Å²) in [5.41, 5.74) is 1.47. The van der Waals surface area contributed by atoms with Crippen LogP contribution in [0.3, 0.4) is 0 Å². The zero-order valence-electron chi connectivity index (χ0n) is 11.9. The monoisotopic (exact) mass is 246 g/mol. The van der Waals surface area contributed by atoms with Gasteiger partial charge in [-0.15, -0.1) is 0 Å². The van der Waals surface area contributed by atoms with Crippen molar-refractivity contribution in [2.75, 3.05) is 13.6 Å². The van der Waals surface area contributed by atoms with Crippen molar-refractivity contribution in [1.29, 1.82) is 0 Å². The predicted octanol–water partition coefficient (Wildman–Crippen LogP) is 3.21. The molecule has 0 amide bonds. The average molecular weight is 246 g/mol. The summed E-state index contributed by atoms with van der Waals surface area (Å²) in [5, 5.41) is 3.42. The maximum absolute atomic E-state index is 3.42. The van der Waals surface area contributed by atoms with E-state index in [0.717, 1.165) is 0 Å². The lowest BCUT2D eigenvalue weighted by atomic mass is 9.93. The van der Waals surface area contributed by atoms with Crippen LogP contribution in [0.4, 0.5) is 0 Å². The molecule has 3 atom stereocenters. The number of nitrogens with one attached hydrogen (secondary N) is 1. The first-order valence-corrected chi connectivity index (χ1v) is 7.24. The minimum atomic E-state index is 0.582. The molecule has 2 heteroatoms. The molecular formula is C16H26N2. The first-order chi connectivity index (χ1) is 8.76. The molecule has 3 unspecified atom stereocenters. The lowest BCUT2D eigenvalue weighted by Gasteiger charge is -2.42. The Kier molecular flexibility index (Phi) is 4.79. The van der Waals surface area contributed by atoms with E-state index in [1.807, 2.05) is 0 Å². The lowest BCUT2D eigenvalue weighted by molar-refractivity contribution is 0.0866. The van der Waals surface area contributed by atoms with E-state index in [9.17, 15) is 0 Å². The Morgan fingerprint density at radius 3 is 2.61 bits per heavy atom. The van der Waals surface area contributed by atoms with Gasteiger partial charge < -0.3 is 5.32 Å². The van der Waals surface area contributed by atoms with E-state index in [1.54, 1.807) is 0 Å². The molecule has 18 heavy (non-hydrogen) atoms. The number of rotatable bonds is 4. The van der Waals surface area contributed by atoms with Crippen LogP contribution in [0.15, 0.2) is 30.3 Å². The molecule has 1 heterocycles. The quantitative estimate of drug-likeness (QED) is 0.877. The summed E-state index contributed by atoms with van der Waals surface area (Å²) in [4.78, 5) is 2.68. The Morgan fingerprint density at radius 1 is 1.33 bits per heavy atom. The van der Waals surface area contributed by atoms with Gasteiger partial charge in [0, 0.05) is 24.7 Å². The second-order valence-electron chi connectivity index (χ2n) is 5.43. The molecular weight excluding hydrogens is 220 g/mol. The Labute approximate surface area is 111 Å². The van der Waals surface area contributed by atoms with Crippen LogP contribution in [0.25, 0.3) is 0 Å². The number of benzene rings is 1. The number of piperidine rings is 1. The third kappa shape index (κ3) is 2.93. The first kappa shape index (κ1) is 13.6. The van der Waals surface area contributed by atoms with E-state index < -0.39 is 0 Å². The van der Waals surface area contributed by atoms with Gasteiger partial charge in [0.15, 0.2) is 0 Å². The molecule has 2 nitrogen and oxygen atoms in total. The minimum absolute atomic E-state index is 0.582. The molecule has 0 saturated carbocycles. The highest BCUT2D eigenvalue weighted by Crippen LogP contribution is 2.30. The molecule has 1 N–H and O–H groups in total. The Bertz CT molecular complexity index is 349. The fourth-order valence-corrected chi connectivity index (χ4v) is 3.25. The van der Waals surface area contributed by atoms with E-state index >= 15 is 0 Å². The van der Waals surface area contributed by atoms with Crippen molar-refractivity contribution in [3.05, 3.63) is 35.9 Å². The van der Waals surface area contributed by atoms with Crippen molar-refractivity contribution < 1.29 is 0 Å². The van der Waals surface area contributed by atoms with Gasteiger partial charge in [-0.05, 0) is 38.8 Å². The summed E-state index contributed by atoms with van der Waals surface area (Å²) in [7, 11) is 2.08. The second kappa shape index (κ2) is 6.35. The van der Waals surface area contributed by atoms with Gasteiger partial charge in [-0.1, -0.05) is 37.3 Å². The number of likely N-dealkylation sites (tertiary alicyclic amines) is 1. The largest absolute Gasteiger partial charge is 0.317 e. The summed E-state index contributed by atoms with van der Waals surface area (Å²) in [5.74, 6) is 0. The molecule has 1 saturated heterocycles. The summed E-state index contributed by atoms with van der Waals surface area (Å²) < 4.78 is 0. The Hall–Kier alpha value is -0.860. The molecule has 100 valence electrons. The average Bonchev–Trinajstić information content (AvgIpc) is 2.42. The number of hydrogen-bond acceptors (Lipinski definition) is 2. The van der Waals surface area contributed by atoms with E-state index in [4.69, 9.17) is 0 Å². The topological polar surface area (TPSA) is 15.3 Å². The van der Waals surface area contributed by atoms with Crippen LogP contribution in [-0.4, -0.2) is 30.6 Å². The normalized spacial score (nSPS) is 27.1. The molecule has 1 aromatic carbocycles. The number of hydrogen-bond donors (Lipinski definition) is 1. The summed E-state index contributed by atoms with van der Waals surface area (Å²) in [6, 6.07) is 12.9. The maximum atomic E-state index is 3.42. The molecule has 1 aliphatic heterocycles. The molecule has 0 radical (unpaired) electrons. The molecule has 0 aromatic heterocycles. The van der Waals surface area contributed by atoms with E-state index in [1.165, 1.54) is 31.4 Å². The van der Waals surface area contributed by atoms with Gasteiger partial charge in [-0.2, -0.15) is 0 Å². The summed E-state index contributed by atoms with van der Waals surface area (Å²) in [6.45, 7) is 5.88. The third-order valence-electron chi connectivity index (χ3n) is 4.31. The molecule has 0 spiro atoms. The predicted molar refractivity (Wildman–Crippen MR) is 77.7 cm³/mol. The first-order valence-electron chi connectivity index (χ1n) is 7.24. The lowest BCUT2D eigenvalue weighted by Crippen LogP contribution is -2.47. The van der Waals surface area contributed by atoms with Crippen LogP contribution in [0.5, 0.6) is 0 Å². The van der Waals surface area contributed by atoms with E-state index in [0.29, 0.717) is 18.1 Å². The Balaban J connectivity index is 2.09. The third-order valence-corrected chi connectivity index (χ3v) is 4.31. The molecule has 0 bridgehead atoms. The molecule has 0 aliphatic carbocycles. The zero-order chi connectivity index (χ0) is 13.0. The van der Waals surface area contributed by atoms with Crippen molar-refractivity contribution in [2.45, 2.75) is 51.2 Å². The minimum Gasteiger partial charge on any atom is -0.317 e. The maximum Gasteiger partial charge on any atom is 0.0348 e. The highest BCUT2D eigenvalue weighted by molar-refractivity contribution is 5.19. The fourth-order valence-electron chi connectivity index (χ4n) is 3.25. The standard InChI is InChI=1S/C16H26N2/c1-4-16(14-8-6-5-7-9-14)18-11-10-15(17-3)12-13(18)2/h5-9,13,15-17H,4,10-12H2,1-3H3. The molecule has 1 aliphatic rings. The highest BCUT2D eigenvalue weighted by Gasteiger charge is 2.29. The zero-order valence-corrected chi connectivity index (χ0v) is 11.9. The van der Waals surface area contributed by atoms with E-state index in [2.05, 4.69) is 61.4 Å². The van der Waals surface area contributed by atoms with Crippen molar-refractivity contribution in [1.82, 2.24) is 10.2 Å². The second-order valence-corrected chi connectivity index (χ2v) is 5.43. The van der Waals surface area contributed by atoms with Crippen LogP contribution in [-0.2, 0) is 0 Å². The van der Waals surface area contributed by atoms with Gasteiger partial charge in [0.25, 0.3) is 0 Å². The van der Waals surface area contributed by atoms with Crippen LogP contribution >= 0.6 is 0 Å². The van der Waals surface area contributed by atoms with Gasteiger partial charge in [-0.25, -0.2) is 0 Å². The Morgan fingerprint density at radius 2 is 2.06 bits per heavy atom. The summed E-state index contributed by atoms with van der Waals surface area (Å²) in [6.07, 6.45) is 3.72. The van der Waals surface area contributed by atoms with Crippen molar-refractivity contribution in [3.63, 3.8) is 0 Å². The van der Waals surface area contributed by atoms with Crippen LogP contribution in [0.1, 0.15) is 44.7 Å². The molecule has 1 fully saturated rings. The van der Waals surface area contributed by atoms with Gasteiger partial charge in [-0.3, -0.25) is 4.90 Å². The number of nitrogens with zero attached hydrogens (tertiary/aromatic N) is 1. The van der Waals surface area contributed by atoms with Crippen LogP contribution in [0.2, 0.25) is 0 Å². The van der Waals surface area contributed by atoms with Crippen molar-refractivity contribution >= 4 is 0 Å². The fraction of sp³-hybridized carbons (Fsp3) is 0.625. The van der Waals surface area contributed by atoms with Gasteiger partial charge in [0.1, 0.15) is 0 Å². The summed E-state index contributed by atoms with van der Waals surface area (Å²) >= 11 is 0. The van der Waals surface area contributed by atoms with E-state index in [-0.39, 0.29) is 0 Å². The van der Waals surface area contributed by atoms with Crippen LogP contribution in [0, 0.1) is 0 Å². The van der Waals surface area contributed by atoms with Crippen molar-refractivity contribution in [2.24, 2.45) is 0 Å². The van der Waals surface area contributed by atoms with Crippen LogP contribution < -0.4 is 5.32 Å². The SMILES string of the molecule is CCC(c1ccccc1)N1CCC(NC)CC1C. The highest BCUT2D eigenvalue weighted by atomic mass is 15.2. The van der Waals surface area contributed by atoms with Gasteiger partial charge in [0.05, 0.1) is 0 Å².